The largest absolute Gasteiger partial charge is 0.480 e. The summed E-state index contributed by atoms with van der Waals surface area (Å²) in [6.45, 7) is 3.69. The minimum Gasteiger partial charge on any atom is -0.480 e. The quantitative estimate of drug-likeness (QED) is 0.708. The fraction of sp³-hybridized carbons (Fsp3) is 0.385. The Morgan fingerprint density at radius 2 is 2.05 bits per heavy atom. The van der Waals surface area contributed by atoms with E-state index >= 15 is 0 Å². The predicted octanol–water partition coefficient (Wildman–Crippen LogP) is 1.64. The Kier molecular flexibility index (Phi) is 4.86. The minimum absolute atomic E-state index is 0.0602. The maximum atomic E-state index is 13.1. The van der Waals surface area contributed by atoms with E-state index in [1.54, 1.807) is 0 Å². The van der Waals surface area contributed by atoms with Crippen molar-refractivity contribution in [2.24, 2.45) is 5.92 Å². The van der Waals surface area contributed by atoms with Crippen LogP contribution in [-0.2, 0) is 4.79 Å². The normalized spacial score (nSPS) is 12.2. The maximum absolute atomic E-state index is 13.1. The van der Waals surface area contributed by atoms with Crippen molar-refractivity contribution in [3.05, 3.63) is 29.6 Å². The van der Waals surface area contributed by atoms with Crippen molar-refractivity contribution in [2.75, 3.05) is 5.73 Å². The van der Waals surface area contributed by atoms with Crippen LogP contribution in [0.3, 0.4) is 0 Å². The van der Waals surface area contributed by atoms with E-state index < -0.39 is 23.7 Å². The number of nitrogens with two attached hydrogens (primary N) is 1. The van der Waals surface area contributed by atoms with Crippen molar-refractivity contribution in [1.29, 1.82) is 0 Å². The zero-order chi connectivity index (χ0) is 14.6. The van der Waals surface area contributed by atoms with Crippen LogP contribution in [0.5, 0.6) is 0 Å². The number of hydrogen-bond donors (Lipinski definition) is 3. The summed E-state index contributed by atoms with van der Waals surface area (Å²) in [5, 5.41) is 11.4. The zero-order valence-electron chi connectivity index (χ0n) is 10.8. The Labute approximate surface area is 110 Å². The summed E-state index contributed by atoms with van der Waals surface area (Å²) in [5.41, 5.74) is 5.61. The van der Waals surface area contributed by atoms with Crippen LogP contribution in [0.1, 0.15) is 30.6 Å². The van der Waals surface area contributed by atoms with Gasteiger partial charge in [0.1, 0.15) is 11.9 Å². The summed E-state index contributed by atoms with van der Waals surface area (Å²) < 4.78 is 13.1. The number of carboxylic acid groups (broad SMARTS) is 1. The van der Waals surface area contributed by atoms with Crippen LogP contribution in [0.2, 0.25) is 0 Å². The van der Waals surface area contributed by atoms with Gasteiger partial charge in [-0.15, -0.1) is 0 Å². The second-order valence-corrected chi connectivity index (χ2v) is 4.73. The molecule has 0 aliphatic heterocycles. The molecule has 1 atom stereocenters. The molecule has 0 saturated heterocycles. The fourth-order valence-corrected chi connectivity index (χ4v) is 1.65. The van der Waals surface area contributed by atoms with Crippen LogP contribution < -0.4 is 11.1 Å². The van der Waals surface area contributed by atoms with Gasteiger partial charge in [-0.3, -0.25) is 4.79 Å². The van der Waals surface area contributed by atoms with Gasteiger partial charge in [0, 0.05) is 5.69 Å². The van der Waals surface area contributed by atoms with Gasteiger partial charge in [-0.1, -0.05) is 13.8 Å². The Morgan fingerprint density at radius 1 is 1.42 bits per heavy atom. The number of carbonyl (C=O) groups excluding carboxylic acids is 1. The van der Waals surface area contributed by atoms with Gasteiger partial charge in [0.15, 0.2) is 0 Å². The highest BCUT2D eigenvalue weighted by atomic mass is 19.1. The van der Waals surface area contributed by atoms with Crippen LogP contribution >= 0.6 is 0 Å². The highest BCUT2D eigenvalue weighted by Gasteiger charge is 2.22. The molecule has 0 spiro atoms. The van der Waals surface area contributed by atoms with E-state index in [1.807, 2.05) is 13.8 Å². The summed E-state index contributed by atoms with van der Waals surface area (Å²) in [7, 11) is 0. The number of anilines is 1. The molecule has 1 aromatic rings. The molecule has 0 fully saturated rings. The molecule has 104 valence electrons. The lowest BCUT2D eigenvalue weighted by Crippen LogP contribution is -2.41. The summed E-state index contributed by atoms with van der Waals surface area (Å²) >= 11 is 0. The first kappa shape index (κ1) is 14.9. The standard InChI is InChI=1S/C13H17FN2O3/c1-7(2)5-11(13(18)19)16-12(17)9-6-8(14)3-4-10(9)15/h3-4,6-7,11H,5,15H2,1-2H3,(H,16,17)(H,18,19). The summed E-state index contributed by atoms with van der Waals surface area (Å²) in [6, 6.07) is 2.37. The smallest absolute Gasteiger partial charge is 0.326 e. The molecule has 4 N–H and O–H groups in total. The van der Waals surface area contributed by atoms with Gasteiger partial charge >= 0.3 is 5.97 Å². The van der Waals surface area contributed by atoms with Crippen molar-refractivity contribution < 1.29 is 19.1 Å². The summed E-state index contributed by atoms with van der Waals surface area (Å²) in [4.78, 5) is 22.9. The number of nitrogen functional groups attached to an aromatic ring is 1. The molecule has 1 unspecified atom stereocenters. The van der Waals surface area contributed by atoms with Gasteiger partial charge in [-0.05, 0) is 30.5 Å². The number of carbonyl (C=O) groups is 2. The molecule has 0 aliphatic carbocycles. The van der Waals surface area contributed by atoms with Gasteiger partial charge in [0.2, 0.25) is 0 Å². The van der Waals surface area contributed by atoms with Gasteiger partial charge in [0.05, 0.1) is 5.56 Å². The van der Waals surface area contributed by atoms with E-state index in [2.05, 4.69) is 5.32 Å². The van der Waals surface area contributed by atoms with Gasteiger partial charge in [-0.25, -0.2) is 9.18 Å². The van der Waals surface area contributed by atoms with Gasteiger partial charge in [-0.2, -0.15) is 0 Å². The van der Waals surface area contributed by atoms with E-state index in [9.17, 15) is 14.0 Å². The molecular weight excluding hydrogens is 251 g/mol. The molecule has 0 saturated carbocycles. The molecule has 0 aromatic heterocycles. The second-order valence-electron chi connectivity index (χ2n) is 4.73. The minimum atomic E-state index is -1.13. The van der Waals surface area contributed by atoms with Crippen LogP contribution in [0.25, 0.3) is 0 Å². The molecular formula is C13H17FN2O3. The first-order valence-electron chi connectivity index (χ1n) is 5.90. The molecule has 0 radical (unpaired) electrons. The van der Waals surface area contributed by atoms with Crippen LogP contribution in [0.4, 0.5) is 10.1 Å². The first-order chi connectivity index (χ1) is 8.81. The number of amides is 1. The lowest BCUT2D eigenvalue weighted by Gasteiger charge is -2.17. The molecule has 0 bridgehead atoms. The highest BCUT2D eigenvalue weighted by molar-refractivity contribution is 6.00. The Bertz CT molecular complexity index is 489. The number of aliphatic carboxylic acids is 1. The van der Waals surface area contributed by atoms with Gasteiger partial charge in [0.25, 0.3) is 5.91 Å². The van der Waals surface area contributed by atoms with Crippen molar-refractivity contribution in [1.82, 2.24) is 5.32 Å². The molecule has 1 rings (SSSR count). The Hall–Kier alpha value is -2.11. The average molecular weight is 268 g/mol. The number of hydrogen-bond acceptors (Lipinski definition) is 3. The predicted molar refractivity (Wildman–Crippen MR) is 69.2 cm³/mol. The number of benzene rings is 1. The van der Waals surface area contributed by atoms with E-state index in [-0.39, 0.29) is 23.6 Å². The number of rotatable bonds is 5. The van der Waals surface area contributed by atoms with E-state index in [1.165, 1.54) is 6.07 Å². The monoisotopic (exact) mass is 268 g/mol. The SMILES string of the molecule is CC(C)CC(NC(=O)c1cc(F)ccc1N)C(=O)O. The second kappa shape index (κ2) is 6.17. The third kappa shape index (κ3) is 4.24. The van der Waals surface area contributed by atoms with E-state index in [0.29, 0.717) is 0 Å². The number of halogens is 1. The third-order valence-electron chi connectivity index (χ3n) is 2.57. The summed E-state index contributed by atoms with van der Waals surface area (Å²) in [6.07, 6.45) is 0.288. The van der Waals surface area contributed by atoms with Crippen molar-refractivity contribution >= 4 is 17.6 Å². The van der Waals surface area contributed by atoms with E-state index in [0.717, 1.165) is 12.1 Å². The summed E-state index contributed by atoms with van der Waals surface area (Å²) in [5.74, 6) is -2.32. The topological polar surface area (TPSA) is 92.4 Å². The molecule has 19 heavy (non-hydrogen) atoms. The average Bonchev–Trinajstić information content (AvgIpc) is 2.30. The Balaban J connectivity index is 2.87. The highest BCUT2D eigenvalue weighted by Crippen LogP contribution is 2.14. The third-order valence-corrected chi connectivity index (χ3v) is 2.57. The Morgan fingerprint density at radius 3 is 2.58 bits per heavy atom. The number of carboxylic acids is 1. The van der Waals surface area contributed by atoms with Crippen molar-refractivity contribution in [3.63, 3.8) is 0 Å². The van der Waals surface area contributed by atoms with Crippen LogP contribution in [0, 0.1) is 11.7 Å². The van der Waals surface area contributed by atoms with Crippen LogP contribution in [0.15, 0.2) is 18.2 Å². The number of nitrogens with one attached hydrogen (secondary N) is 1. The molecule has 0 heterocycles. The first-order valence-corrected chi connectivity index (χ1v) is 5.90. The fourth-order valence-electron chi connectivity index (χ4n) is 1.65. The molecule has 1 aromatic carbocycles. The van der Waals surface area contributed by atoms with Crippen molar-refractivity contribution in [2.45, 2.75) is 26.3 Å². The van der Waals surface area contributed by atoms with E-state index in [4.69, 9.17) is 10.8 Å². The molecule has 6 heteroatoms. The zero-order valence-corrected chi connectivity index (χ0v) is 10.8. The lowest BCUT2D eigenvalue weighted by atomic mass is 10.0. The van der Waals surface area contributed by atoms with Gasteiger partial charge < -0.3 is 16.2 Å². The van der Waals surface area contributed by atoms with Crippen LogP contribution in [-0.4, -0.2) is 23.0 Å². The van der Waals surface area contributed by atoms with Crippen molar-refractivity contribution in [3.8, 4) is 0 Å². The molecule has 5 nitrogen and oxygen atoms in total. The molecule has 0 aliphatic rings. The maximum Gasteiger partial charge on any atom is 0.326 e. The lowest BCUT2D eigenvalue weighted by molar-refractivity contribution is -0.139. The molecule has 1 amide bonds.